The Morgan fingerprint density at radius 3 is 2.42 bits per heavy atom. The lowest BCUT2D eigenvalue weighted by Gasteiger charge is -2.20. The third kappa shape index (κ3) is 5.23. The van der Waals surface area contributed by atoms with E-state index in [4.69, 9.17) is 9.47 Å². The fourth-order valence-electron chi connectivity index (χ4n) is 3.30. The molecule has 4 heteroatoms. The first-order valence-corrected chi connectivity index (χ1v) is 9.14. The van der Waals surface area contributed by atoms with Crippen LogP contribution in [0.4, 0.5) is 0 Å². The van der Waals surface area contributed by atoms with Crippen molar-refractivity contribution in [2.75, 3.05) is 32.8 Å². The van der Waals surface area contributed by atoms with Crippen LogP contribution in [0.25, 0.3) is 0 Å². The molecule has 1 aromatic rings. The second-order valence-electron chi connectivity index (χ2n) is 6.99. The summed E-state index contributed by atoms with van der Waals surface area (Å²) in [6.07, 6.45) is 3.55. The van der Waals surface area contributed by atoms with Crippen LogP contribution in [0.15, 0.2) is 12.1 Å². The van der Waals surface area contributed by atoms with E-state index in [2.05, 4.69) is 18.7 Å². The first-order chi connectivity index (χ1) is 11.5. The third-order valence-electron chi connectivity index (χ3n) is 4.45. The first-order valence-electron chi connectivity index (χ1n) is 9.14. The van der Waals surface area contributed by atoms with Gasteiger partial charge < -0.3 is 14.4 Å². The molecule has 1 atom stereocenters. The van der Waals surface area contributed by atoms with Crippen LogP contribution in [0, 0.1) is 19.8 Å². The van der Waals surface area contributed by atoms with Crippen LogP contribution in [0.3, 0.4) is 0 Å². The van der Waals surface area contributed by atoms with E-state index in [1.54, 1.807) is 0 Å². The highest BCUT2D eigenvalue weighted by molar-refractivity contribution is 5.93. The number of ether oxygens (including phenoxy) is 2. The SMILES string of the molecule is CCCOc1cc(C)c(C(=O)OCC(C)CN2CCCC2)c(C)c1. The van der Waals surface area contributed by atoms with Gasteiger partial charge in [0.05, 0.1) is 18.8 Å². The maximum Gasteiger partial charge on any atom is 0.338 e. The number of nitrogens with zero attached hydrogens (tertiary/aromatic N) is 1. The Labute approximate surface area is 146 Å². The normalized spacial score (nSPS) is 16.2. The average Bonchev–Trinajstić information content (AvgIpc) is 3.03. The molecule has 0 bridgehead atoms. The van der Waals surface area contributed by atoms with Crippen LogP contribution in [0.1, 0.15) is 54.6 Å². The quantitative estimate of drug-likeness (QED) is 0.675. The van der Waals surface area contributed by atoms with Crippen LogP contribution < -0.4 is 4.74 Å². The van der Waals surface area contributed by atoms with E-state index in [1.165, 1.54) is 25.9 Å². The van der Waals surface area contributed by atoms with Crippen molar-refractivity contribution in [3.8, 4) is 5.75 Å². The molecule has 0 aromatic heterocycles. The topological polar surface area (TPSA) is 38.8 Å². The van der Waals surface area contributed by atoms with Crippen molar-refractivity contribution in [3.05, 3.63) is 28.8 Å². The highest BCUT2D eigenvalue weighted by Gasteiger charge is 2.19. The lowest BCUT2D eigenvalue weighted by atomic mass is 10.0. The fourth-order valence-corrected chi connectivity index (χ4v) is 3.30. The fraction of sp³-hybridized carbons (Fsp3) is 0.650. The van der Waals surface area contributed by atoms with E-state index in [1.807, 2.05) is 26.0 Å². The molecule has 1 aliphatic heterocycles. The summed E-state index contributed by atoms with van der Waals surface area (Å²) in [5.74, 6) is 0.964. The Hall–Kier alpha value is -1.55. The highest BCUT2D eigenvalue weighted by Crippen LogP contribution is 2.23. The van der Waals surface area contributed by atoms with Crippen molar-refractivity contribution in [2.45, 2.75) is 47.0 Å². The van der Waals surface area contributed by atoms with Gasteiger partial charge in [0.2, 0.25) is 0 Å². The summed E-state index contributed by atoms with van der Waals surface area (Å²) in [5.41, 5.74) is 2.50. The van der Waals surface area contributed by atoms with Crippen LogP contribution in [-0.2, 0) is 4.74 Å². The number of benzene rings is 1. The van der Waals surface area contributed by atoms with Gasteiger partial charge in [-0.3, -0.25) is 0 Å². The zero-order valence-electron chi connectivity index (χ0n) is 15.6. The summed E-state index contributed by atoms with van der Waals surface area (Å²) >= 11 is 0. The number of rotatable bonds is 8. The van der Waals surface area contributed by atoms with E-state index in [0.717, 1.165) is 29.8 Å². The molecule has 134 valence electrons. The molecule has 1 aromatic carbocycles. The van der Waals surface area contributed by atoms with Gasteiger partial charge in [0.15, 0.2) is 0 Å². The summed E-state index contributed by atoms with van der Waals surface area (Å²) in [4.78, 5) is 14.9. The number of likely N-dealkylation sites (tertiary alicyclic amines) is 1. The monoisotopic (exact) mass is 333 g/mol. The van der Waals surface area contributed by atoms with Gasteiger partial charge in [-0.05, 0) is 69.5 Å². The highest BCUT2D eigenvalue weighted by atomic mass is 16.5. The second-order valence-corrected chi connectivity index (χ2v) is 6.99. The van der Waals surface area contributed by atoms with Crippen molar-refractivity contribution in [2.24, 2.45) is 5.92 Å². The van der Waals surface area contributed by atoms with Gasteiger partial charge in [0, 0.05) is 12.5 Å². The molecule has 1 aliphatic rings. The lowest BCUT2D eigenvalue weighted by molar-refractivity contribution is 0.0425. The molecule has 1 unspecified atom stereocenters. The molecule has 0 N–H and O–H groups in total. The van der Waals surface area contributed by atoms with Crippen molar-refractivity contribution in [1.29, 1.82) is 0 Å². The Bertz CT molecular complexity index is 527. The number of carbonyl (C=O) groups excluding carboxylic acids is 1. The van der Waals surface area contributed by atoms with Crippen LogP contribution in [-0.4, -0.2) is 43.7 Å². The molecule has 1 saturated heterocycles. The van der Waals surface area contributed by atoms with Crippen LogP contribution >= 0.6 is 0 Å². The minimum atomic E-state index is -0.222. The second kappa shape index (κ2) is 9.07. The maximum atomic E-state index is 12.5. The molecule has 0 spiro atoms. The summed E-state index contributed by atoms with van der Waals surface area (Å²) in [5, 5.41) is 0. The van der Waals surface area contributed by atoms with Crippen LogP contribution in [0.5, 0.6) is 5.75 Å². The molecule has 0 saturated carbocycles. The molecule has 0 aliphatic carbocycles. The molecule has 4 nitrogen and oxygen atoms in total. The molecule has 0 radical (unpaired) electrons. The number of aryl methyl sites for hydroxylation is 2. The van der Waals surface area contributed by atoms with Crippen molar-refractivity contribution >= 4 is 5.97 Å². The Morgan fingerprint density at radius 1 is 1.21 bits per heavy atom. The van der Waals surface area contributed by atoms with Crippen LogP contribution in [0.2, 0.25) is 0 Å². The molecule has 24 heavy (non-hydrogen) atoms. The summed E-state index contributed by atoms with van der Waals surface area (Å²) in [7, 11) is 0. The van der Waals surface area contributed by atoms with Gasteiger partial charge in [-0.2, -0.15) is 0 Å². The first kappa shape index (κ1) is 18.8. The number of hydrogen-bond donors (Lipinski definition) is 0. The number of carbonyl (C=O) groups is 1. The molecule has 2 rings (SSSR count). The van der Waals surface area contributed by atoms with Crippen molar-refractivity contribution < 1.29 is 14.3 Å². The van der Waals surface area contributed by atoms with Gasteiger partial charge in [0.25, 0.3) is 0 Å². The number of hydrogen-bond acceptors (Lipinski definition) is 4. The Kier molecular flexibility index (Phi) is 7.10. The zero-order chi connectivity index (χ0) is 17.5. The van der Waals surface area contributed by atoms with Crippen molar-refractivity contribution in [1.82, 2.24) is 4.90 Å². The molecular formula is C20H31NO3. The molecule has 1 fully saturated rings. The van der Waals surface area contributed by atoms with E-state index in [9.17, 15) is 4.79 Å². The largest absolute Gasteiger partial charge is 0.494 e. The summed E-state index contributed by atoms with van der Waals surface area (Å²) < 4.78 is 11.2. The van der Waals surface area contributed by atoms with Crippen molar-refractivity contribution in [3.63, 3.8) is 0 Å². The van der Waals surface area contributed by atoms with E-state index in [-0.39, 0.29) is 5.97 Å². The minimum absolute atomic E-state index is 0.222. The van der Waals surface area contributed by atoms with Gasteiger partial charge in [-0.1, -0.05) is 13.8 Å². The number of esters is 1. The molecule has 0 amide bonds. The minimum Gasteiger partial charge on any atom is -0.494 e. The lowest BCUT2D eigenvalue weighted by Crippen LogP contribution is -2.28. The predicted octanol–water partition coefficient (Wildman–Crippen LogP) is 3.98. The van der Waals surface area contributed by atoms with Gasteiger partial charge >= 0.3 is 5.97 Å². The van der Waals surface area contributed by atoms with Gasteiger partial charge in [0.1, 0.15) is 5.75 Å². The summed E-state index contributed by atoms with van der Waals surface area (Å²) in [6, 6.07) is 3.85. The average molecular weight is 333 g/mol. The summed E-state index contributed by atoms with van der Waals surface area (Å²) in [6.45, 7) is 12.6. The predicted molar refractivity (Wildman–Crippen MR) is 96.8 cm³/mol. The van der Waals surface area contributed by atoms with Gasteiger partial charge in [-0.25, -0.2) is 4.79 Å². The smallest absolute Gasteiger partial charge is 0.338 e. The maximum absolute atomic E-state index is 12.5. The van der Waals surface area contributed by atoms with E-state index >= 15 is 0 Å². The van der Waals surface area contributed by atoms with E-state index in [0.29, 0.717) is 24.7 Å². The molecule has 1 heterocycles. The standard InChI is InChI=1S/C20H31NO3/c1-5-10-23-18-11-16(3)19(17(4)12-18)20(22)24-14-15(2)13-21-8-6-7-9-21/h11-12,15H,5-10,13-14H2,1-4H3. The molecular weight excluding hydrogens is 302 g/mol. The third-order valence-corrected chi connectivity index (χ3v) is 4.45. The van der Waals surface area contributed by atoms with Gasteiger partial charge in [-0.15, -0.1) is 0 Å². The Balaban J connectivity index is 1.91. The Morgan fingerprint density at radius 2 is 1.83 bits per heavy atom. The zero-order valence-corrected chi connectivity index (χ0v) is 15.6. The van der Waals surface area contributed by atoms with E-state index < -0.39 is 0 Å².